The van der Waals surface area contributed by atoms with Gasteiger partial charge in [-0.25, -0.2) is 4.99 Å². The van der Waals surface area contributed by atoms with E-state index in [4.69, 9.17) is 18.9 Å². The van der Waals surface area contributed by atoms with Crippen LogP contribution in [0.3, 0.4) is 0 Å². The monoisotopic (exact) mass is 413 g/mol. The quantitative estimate of drug-likeness (QED) is 0.379. The second kappa shape index (κ2) is 8.31. The van der Waals surface area contributed by atoms with Crippen molar-refractivity contribution in [2.45, 2.75) is 27.7 Å². The molecular weight excluding hydrogens is 386 g/mol. The summed E-state index contributed by atoms with van der Waals surface area (Å²) in [5.41, 5.74) is 7.40. The van der Waals surface area contributed by atoms with Gasteiger partial charge in [-0.15, -0.1) is 0 Å². The van der Waals surface area contributed by atoms with E-state index in [-0.39, 0.29) is 0 Å². The summed E-state index contributed by atoms with van der Waals surface area (Å²) in [6, 6.07) is 18.3. The molecule has 4 heteroatoms. The highest BCUT2D eigenvalue weighted by Gasteiger charge is 2.12. The van der Waals surface area contributed by atoms with Gasteiger partial charge in [0.2, 0.25) is 0 Å². The number of fused-ring (bicyclic) bond motifs is 1. The van der Waals surface area contributed by atoms with Gasteiger partial charge in [0.05, 0.1) is 25.3 Å². The van der Waals surface area contributed by atoms with E-state index < -0.39 is 0 Å². The van der Waals surface area contributed by atoms with Crippen molar-refractivity contribution in [3.63, 3.8) is 0 Å². The molecule has 0 radical (unpaired) electrons. The molecule has 0 saturated heterocycles. The van der Waals surface area contributed by atoms with E-state index in [2.05, 4.69) is 58.0 Å². The molecule has 0 aliphatic heterocycles. The second-order valence-corrected chi connectivity index (χ2v) is 7.90. The highest BCUT2D eigenvalue weighted by Crippen LogP contribution is 2.33. The standard InChI is InChI=1S/C27H27NO3/c1-16-11-19(4)27-22(28-21-9-7-17(2)18(3)13-21)15-24(31-26(27)12-16)20-8-10-23(29-5)25(14-20)30-6/h7-15H,1-6H3. The van der Waals surface area contributed by atoms with Crippen molar-refractivity contribution in [2.75, 3.05) is 14.2 Å². The summed E-state index contributed by atoms with van der Waals surface area (Å²) in [4.78, 5) is 5.01. The summed E-state index contributed by atoms with van der Waals surface area (Å²) in [5.74, 6) is 2.06. The van der Waals surface area contributed by atoms with Crippen LogP contribution in [0.1, 0.15) is 22.3 Å². The number of aryl methyl sites for hydroxylation is 4. The Kier molecular flexibility index (Phi) is 5.55. The fourth-order valence-corrected chi connectivity index (χ4v) is 3.84. The average molecular weight is 414 g/mol. The van der Waals surface area contributed by atoms with Crippen LogP contribution in [0.5, 0.6) is 11.5 Å². The zero-order chi connectivity index (χ0) is 22.1. The molecule has 31 heavy (non-hydrogen) atoms. The smallest absolute Gasteiger partial charge is 0.161 e. The Balaban J connectivity index is 2.01. The van der Waals surface area contributed by atoms with Crippen LogP contribution in [-0.4, -0.2) is 14.2 Å². The van der Waals surface area contributed by atoms with Gasteiger partial charge in [-0.2, -0.15) is 0 Å². The summed E-state index contributed by atoms with van der Waals surface area (Å²) in [5, 5.41) is 1.90. The van der Waals surface area contributed by atoms with Crippen LogP contribution in [0, 0.1) is 27.7 Å². The molecule has 4 rings (SSSR count). The minimum Gasteiger partial charge on any atom is -0.493 e. The normalized spacial score (nSPS) is 11.7. The van der Waals surface area contributed by atoms with Gasteiger partial charge >= 0.3 is 0 Å². The van der Waals surface area contributed by atoms with Gasteiger partial charge in [-0.1, -0.05) is 12.1 Å². The molecule has 0 amide bonds. The highest BCUT2D eigenvalue weighted by atomic mass is 16.5. The Bertz CT molecular complexity index is 1350. The van der Waals surface area contributed by atoms with Crippen molar-refractivity contribution in [2.24, 2.45) is 4.99 Å². The third kappa shape index (κ3) is 4.06. The van der Waals surface area contributed by atoms with E-state index in [0.717, 1.165) is 44.5 Å². The number of hydrogen-bond donors (Lipinski definition) is 0. The van der Waals surface area contributed by atoms with Gasteiger partial charge < -0.3 is 13.9 Å². The molecule has 0 spiro atoms. The van der Waals surface area contributed by atoms with Crippen LogP contribution >= 0.6 is 0 Å². The maximum Gasteiger partial charge on any atom is 0.161 e. The van der Waals surface area contributed by atoms with Crippen molar-refractivity contribution in [1.29, 1.82) is 0 Å². The topological polar surface area (TPSA) is 44.0 Å². The van der Waals surface area contributed by atoms with E-state index >= 15 is 0 Å². The molecule has 4 aromatic rings. The maximum absolute atomic E-state index is 6.35. The lowest BCUT2D eigenvalue weighted by molar-refractivity contribution is 0.355. The third-order valence-corrected chi connectivity index (χ3v) is 5.60. The van der Waals surface area contributed by atoms with Gasteiger partial charge in [-0.3, -0.25) is 0 Å². The molecule has 0 atom stereocenters. The first kappa shape index (κ1) is 20.7. The molecule has 1 aromatic heterocycles. The Morgan fingerprint density at radius 3 is 2.19 bits per heavy atom. The van der Waals surface area contributed by atoms with E-state index in [1.807, 2.05) is 24.3 Å². The zero-order valence-electron chi connectivity index (χ0n) is 18.9. The summed E-state index contributed by atoms with van der Waals surface area (Å²) in [6.07, 6.45) is 0. The Hall–Kier alpha value is -3.53. The van der Waals surface area contributed by atoms with Crippen LogP contribution in [0.25, 0.3) is 22.3 Å². The van der Waals surface area contributed by atoms with E-state index in [1.165, 1.54) is 11.1 Å². The van der Waals surface area contributed by atoms with Crippen molar-refractivity contribution in [1.82, 2.24) is 0 Å². The fourth-order valence-electron chi connectivity index (χ4n) is 3.84. The zero-order valence-corrected chi connectivity index (χ0v) is 18.9. The molecule has 1 heterocycles. The van der Waals surface area contributed by atoms with Crippen LogP contribution in [0.4, 0.5) is 5.69 Å². The lowest BCUT2D eigenvalue weighted by Gasteiger charge is -2.11. The van der Waals surface area contributed by atoms with Crippen LogP contribution in [0.15, 0.2) is 64.0 Å². The molecule has 0 unspecified atom stereocenters. The van der Waals surface area contributed by atoms with Crippen LogP contribution < -0.4 is 14.8 Å². The van der Waals surface area contributed by atoms with Gasteiger partial charge in [0.25, 0.3) is 0 Å². The predicted molar refractivity (Wildman–Crippen MR) is 125 cm³/mol. The third-order valence-electron chi connectivity index (χ3n) is 5.60. The molecule has 0 fully saturated rings. The Morgan fingerprint density at radius 2 is 1.48 bits per heavy atom. The largest absolute Gasteiger partial charge is 0.493 e. The first-order chi connectivity index (χ1) is 14.9. The predicted octanol–water partition coefficient (Wildman–Crippen LogP) is 6.58. The SMILES string of the molecule is COc1ccc(-c2cc(=Nc3ccc(C)c(C)c3)c3c(C)cc(C)cc3o2)cc1OC. The minimum atomic E-state index is 0.656. The Morgan fingerprint density at radius 1 is 0.710 bits per heavy atom. The fraction of sp³-hybridized carbons (Fsp3) is 0.222. The maximum atomic E-state index is 6.35. The van der Waals surface area contributed by atoms with Crippen LogP contribution in [0.2, 0.25) is 0 Å². The average Bonchev–Trinajstić information content (AvgIpc) is 2.75. The van der Waals surface area contributed by atoms with Gasteiger partial charge in [-0.05, 0) is 86.3 Å². The second-order valence-electron chi connectivity index (χ2n) is 7.90. The van der Waals surface area contributed by atoms with Gasteiger partial charge in [0.15, 0.2) is 11.5 Å². The molecule has 3 aromatic carbocycles. The number of methoxy groups -OCH3 is 2. The molecule has 4 nitrogen and oxygen atoms in total. The molecule has 0 aliphatic carbocycles. The summed E-state index contributed by atoms with van der Waals surface area (Å²) in [7, 11) is 3.26. The molecule has 0 N–H and O–H groups in total. The summed E-state index contributed by atoms with van der Waals surface area (Å²) < 4.78 is 17.2. The van der Waals surface area contributed by atoms with E-state index in [9.17, 15) is 0 Å². The van der Waals surface area contributed by atoms with Crippen molar-refractivity contribution in [3.05, 3.63) is 82.2 Å². The minimum absolute atomic E-state index is 0.656. The molecule has 0 saturated carbocycles. The number of nitrogens with zero attached hydrogens (tertiary/aromatic N) is 1. The number of hydrogen-bond acceptors (Lipinski definition) is 4. The molecule has 0 bridgehead atoms. The van der Waals surface area contributed by atoms with Crippen LogP contribution in [-0.2, 0) is 0 Å². The van der Waals surface area contributed by atoms with Crippen molar-refractivity contribution in [3.8, 4) is 22.8 Å². The van der Waals surface area contributed by atoms with E-state index in [0.29, 0.717) is 11.5 Å². The van der Waals surface area contributed by atoms with Gasteiger partial charge in [0, 0.05) is 17.0 Å². The van der Waals surface area contributed by atoms with E-state index in [1.54, 1.807) is 14.2 Å². The first-order valence-electron chi connectivity index (χ1n) is 10.3. The number of benzene rings is 3. The first-order valence-corrected chi connectivity index (χ1v) is 10.3. The lowest BCUT2D eigenvalue weighted by Crippen LogP contribution is -2.05. The van der Waals surface area contributed by atoms with Crippen molar-refractivity contribution < 1.29 is 13.9 Å². The highest BCUT2D eigenvalue weighted by molar-refractivity contribution is 5.83. The number of rotatable bonds is 4. The molecular formula is C27H27NO3. The summed E-state index contributed by atoms with van der Waals surface area (Å²) >= 11 is 0. The number of ether oxygens (including phenoxy) is 2. The molecule has 0 aliphatic rings. The van der Waals surface area contributed by atoms with Gasteiger partial charge in [0.1, 0.15) is 11.3 Å². The molecule has 158 valence electrons. The summed E-state index contributed by atoms with van der Waals surface area (Å²) in [6.45, 7) is 8.39. The lowest BCUT2D eigenvalue weighted by atomic mass is 10.0. The van der Waals surface area contributed by atoms with Crippen molar-refractivity contribution >= 4 is 16.7 Å². The Labute approximate surface area is 182 Å².